The topological polar surface area (TPSA) is 113 Å². The highest BCUT2D eigenvalue weighted by Gasteiger charge is 2.31. The summed E-state index contributed by atoms with van der Waals surface area (Å²) in [6.45, 7) is 3.87. The molecule has 1 fully saturated rings. The van der Waals surface area contributed by atoms with E-state index in [1.807, 2.05) is 0 Å². The van der Waals surface area contributed by atoms with Crippen LogP contribution in [0.5, 0.6) is 0 Å². The third-order valence-corrected chi connectivity index (χ3v) is 2.49. The molecule has 1 atom stereocenters. The number of nitrogens with one attached hydrogen (secondary N) is 1. The molecule has 0 saturated carbocycles. The number of carbonyl (C=O) groups is 3. The Balaban J connectivity index is 2.28. The molecule has 1 heterocycles. The lowest BCUT2D eigenvalue weighted by atomic mass is 10.1. The van der Waals surface area contributed by atoms with Crippen molar-refractivity contribution in [3.05, 3.63) is 12.4 Å². The fourth-order valence-electron chi connectivity index (χ4n) is 1.49. The van der Waals surface area contributed by atoms with Crippen molar-refractivity contribution in [3.63, 3.8) is 0 Å². The summed E-state index contributed by atoms with van der Waals surface area (Å²) in [4.78, 5) is 33.9. The molecule has 1 aliphatic rings. The average molecular weight is 241 g/mol. The maximum atomic E-state index is 11.3. The SMILES string of the molecule is C=C1NC(=O)C(=O)N1CCCCC(N)C(=O)O. The zero-order valence-corrected chi connectivity index (χ0v) is 9.31. The summed E-state index contributed by atoms with van der Waals surface area (Å²) in [6, 6.07) is -0.882. The molecule has 1 aliphatic heterocycles. The van der Waals surface area contributed by atoms with Gasteiger partial charge in [0.05, 0.1) is 0 Å². The normalized spacial score (nSPS) is 17.2. The van der Waals surface area contributed by atoms with Crippen LogP contribution in [-0.2, 0) is 14.4 Å². The van der Waals surface area contributed by atoms with Crippen LogP contribution in [0.15, 0.2) is 12.4 Å². The van der Waals surface area contributed by atoms with Crippen LogP contribution in [0.3, 0.4) is 0 Å². The highest BCUT2D eigenvalue weighted by atomic mass is 16.4. The van der Waals surface area contributed by atoms with E-state index in [1.165, 1.54) is 4.90 Å². The molecule has 0 bridgehead atoms. The summed E-state index contributed by atoms with van der Waals surface area (Å²) < 4.78 is 0. The molecule has 1 saturated heterocycles. The number of nitrogens with zero attached hydrogens (tertiary/aromatic N) is 1. The predicted octanol–water partition coefficient (Wildman–Crippen LogP) is -1.00. The molecule has 0 aromatic rings. The van der Waals surface area contributed by atoms with E-state index in [1.54, 1.807) is 0 Å². The van der Waals surface area contributed by atoms with Crippen LogP contribution >= 0.6 is 0 Å². The lowest BCUT2D eigenvalue weighted by Crippen LogP contribution is -2.30. The summed E-state index contributed by atoms with van der Waals surface area (Å²) in [5.74, 6) is -2.08. The summed E-state index contributed by atoms with van der Waals surface area (Å²) in [6.07, 6.45) is 1.48. The third kappa shape index (κ3) is 3.28. The van der Waals surface area contributed by atoms with E-state index < -0.39 is 23.8 Å². The molecule has 2 amide bonds. The van der Waals surface area contributed by atoms with E-state index in [0.717, 1.165) is 0 Å². The Morgan fingerprint density at radius 2 is 2.12 bits per heavy atom. The molecule has 7 nitrogen and oxygen atoms in total. The Kier molecular flexibility index (Phi) is 4.22. The monoisotopic (exact) mass is 241 g/mol. The molecule has 0 radical (unpaired) electrons. The van der Waals surface area contributed by atoms with E-state index in [9.17, 15) is 14.4 Å². The van der Waals surface area contributed by atoms with Crippen molar-refractivity contribution in [1.82, 2.24) is 10.2 Å². The van der Waals surface area contributed by atoms with Gasteiger partial charge in [-0.15, -0.1) is 0 Å². The Bertz CT molecular complexity index is 367. The van der Waals surface area contributed by atoms with Gasteiger partial charge in [-0.25, -0.2) is 0 Å². The highest BCUT2D eigenvalue weighted by Crippen LogP contribution is 2.10. The van der Waals surface area contributed by atoms with Gasteiger partial charge in [-0.05, 0) is 19.3 Å². The number of hydrogen-bond donors (Lipinski definition) is 3. The van der Waals surface area contributed by atoms with Gasteiger partial charge in [0.25, 0.3) is 0 Å². The first-order valence-corrected chi connectivity index (χ1v) is 5.23. The van der Waals surface area contributed by atoms with Crippen molar-refractivity contribution >= 4 is 17.8 Å². The summed E-state index contributed by atoms with van der Waals surface area (Å²) in [5.41, 5.74) is 5.32. The van der Waals surface area contributed by atoms with Gasteiger partial charge in [-0.2, -0.15) is 0 Å². The lowest BCUT2D eigenvalue weighted by Gasteiger charge is -2.14. The van der Waals surface area contributed by atoms with Crippen molar-refractivity contribution < 1.29 is 19.5 Å². The molecule has 0 aliphatic carbocycles. The van der Waals surface area contributed by atoms with Gasteiger partial charge in [0.1, 0.15) is 11.9 Å². The smallest absolute Gasteiger partial charge is 0.320 e. The lowest BCUT2D eigenvalue weighted by molar-refractivity contribution is -0.140. The van der Waals surface area contributed by atoms with Gasteiger partial charge in [-0.1, -0.05) is 6.58 Å². The summed E-state index contributed by atoms with van der Waals surface area (Å²) >= 11 is 0. The number of carboxylic acid groups (broad SMARTS) is 1. The zero-order chi connectivity index (χ0) is 13.0. The number of aliphatic carboxylic acids is 1. The Morgan fingerprint density at radius 1 is 1.47 bits per heavy atom. The van der Waals surface area contributed by atoms with Gasteiger partial charge < -0.3 is 16.2 Å². The first-order chi connectivity index (χ1) is 7.93. The van der Waals surface area contributed by atoms with Crippen LogP contribution in [0.4, 0.5) is 0 Å². The Morgan fingerprint density at radius 3 is 2.59 bits per heavy atom. The predicted molar refractivity (Wildman–Crippen MR) is 58.5 cm³/mol. The molecular formula is C10H15N3O4. The molecule has 94 valence electrons. The van der Waals surface area contributed by atoms with E-state index in [-0.39, 0.29) is 5.82 Å². The zero-order valence-electron chi connectivity index (χ0n) is 9.31. The molecule has 0 aromatic carbocycles. The molecule has 7 heteroatoms. The fraction of sp³-hybridized carbons (Fsp3) is 0.500. The standard InChI is InChI=1S/C10H15N3O4/c1-6-12-8(14)9(15)13(6)5-3-2-4-7(11)10(16)17/h7H,1-5,11H2,(H,12,14)(H,16,17). The maximum Gasteiger partial charge on any atom is 0.320 e. The van der Waals surface area contributed by atoms with Crippen molar-refractivity contribution in [2.45, 2.75) is 25.3 Å². The quantitative estimate of drug-likeness (QED) is 0.407. The van der Waals surface area contributed by atoms with Gasteiger partial charge in [0, 0.05) is 6.54 Å². The van der Waals surface area contributed by atoms with Crippen molar-refractivity contribution in [2.75, 3.05) is 6.54 Å². The van der Waals surface area contributed by atoms with Gasteiger partial charge in [-0.3, -0.25) is 19.3 Å². The van der Waals surface area contributed by atoms with E-state index in [2.05, 4.69) is 11.9 Å². The minimum Gasteiger partial charge on any atom is -0.480 e. The minimum absolute atomic E-state index is 0.266. The fourth-order valence-corrected chi connectivity index (χ4v) is 1.49. The van der Waals surface area contributed by atoms with Crippen molar-refractivity contribution in [3.8, 4) is 0 Å². The van der Waals surface area contributed by atoms with Gasteiger partial charge in [0.2, 0.25) is 0 Å². The Labute approximate surface area is 98.3 Å². The molecule has 1 unspecified atom stereocenters. The van der Waals surface area contributed by atoms with Crippen LogP contribution in [0.2, 0.25) is 0 Å². The maximum absolute atomic E-state index is 11.3. The van der Waals surface area contributed by atoms with Crippen LogP contribution in [0.1, 0.15) is 19.3 Å². The van der Waals surface area contributed by atoms with Crippen LogP contribution in [-0.4, -0.2) is 40.4 Å². The molecule has 17 heavy (non-hydrogen) atoms. The Hall–Kier alpha value is -1.89. The van der Waals surface area contributed by atoms with Gasteiger partial charge in [0.15, 0.2) is 0 Å². The second kappa shape index (κ2) is 5.44. The van der Waals surface area contributed by atoms with Crippen molar-refractivity contribution in [2.24, 2.45) is 5.73 Å². The number of amides is 2. The van der Waals surface area contributed by atoms with Crippen LogP contribution in [0, 0.1) is 0 Å². The minimum atomic E-state index is -1.04. The van der Waals surface area contributed by atoms with Crippen LogP contribution in [0.25, 0.3) is 0 Å². The molecule has 4 N–H and O–H groups in total. The molecular weight excluding hydrogens is 226 g/mol. The summed E-state index contributed by atoms with van der Waals surface area (Å²) in [5, 5.41) is 10.9. The largest absolute Gasteiger partial charge is 0.480 e. The molecule has 0 aromatic heterocycles. The first kappa shape index (κ1) is 13.2. The molecule has 1 rings (SSSR count). The van der Waals surface area contributed by atoms with Crippen LogP contribution < -0.4 is 11.1 Å². The summed E-state index contributed by atoms with van der Waals surface area (Å²) in [7, 11) is 0. The number of nitrogens with two attached hydrogens (primary N) is 1. The average Bonchev–Trinajstić information content (AvgIpc) is 2.49. The van der Waals surface area contributed by atoms with E-state index >= 15 is 0 Å². The molecule has 0 spiro atoms. The number of hydrogen-bond acceptors (Lipinski definition) is 4. The number of carbonyl (C=O) groups excluding carboxylic acids is 2. The number of carboxylic acids is 1. The third-order valence-electron chi connectivity index (χ3n) is 2.49. The second-order valence-electron chi connectivity index (χ2n) is 3.80. The van der Waals surface area contributed by atoms with E-state index in [4.69, 9.17) is 10.8 Å². The van der Waals surface area contributed by atoms with Crippen molar-refractivity contribution in [1.29, 1.82) is 0 Å². The number of rotatable bonds is 6. The first-order valence-electron chi connectivity index (χ1n) is 5.23. The van der Waals surface area contributed by atoms with Gasteiger partial charge >= 0.3 is 17.8 Å². The highest BCUT2D eigenvalue weighted by molar-refractivity contribution is 6.38. The second-order valence-corrected chi connectivity index (χ2v) is 3.80. The number of unbranched alkanes of at least 4 members (excludes halogenated alkanes) is 1. The van der Waals surface area contributed by atoms with E-state index in [0.29, 0.717) is 25.8 Å².